The standard InChI is InChI=1S/C5H6N3/c1-3-8-4-2-7-5(8)6-1/h1,3H,2,4H2. The molecule has 0 unspecified atom stereocenters. The van der Waals surface area contributed by atoms with Gasteiger partial charge in [-0.05, 0) is 0 Å². The van der Waals surface area contributed by atoms with E-state index >= 15 is 0 Å². The van der Waals surface area contributed by atoms with Crippen LogP contribution in [0.1, 0.15) is 0 Å². The fraction of sp³-hybridized carbons (Fsp3) is 0.400. The average Bonchev–Trinajstić information content (AvgIpc) is 2.15. The molecule has 0 bridgehead atoms. The van der Waals surface area contributed by atoms with Crippen LogP contribution in [0, 0.1) is 0 Å². The molecule has 2 rings (SSSR count). The number of nitrogens with zero attached hydrogens (tertiary/aromatic N) is 3. The Morgan fingerprint density at radius 3 is 3.50 bits per heavy atom. The summed E-state index contributed by atoms with van der Waals surface area (Å²) in [5.41, 5.74) is 0. The average molecular weight is 108 g/mol. The van der Waals surface area contributed by atoms with Gasteiger partial charge < -0.3 is 4.57 Å². The van der Waals surface area contributed by atoms with Gasteiger partial charge >= 0.3 is 0 Å². The molecule has 8 heavy (non-hydrogen) atoms. The Morgan fingerprint density at radius 2 is 2.62 bits per heavy atom. The van der Waals surface area contributed by atoms with Gasteiger partial charge in [0.15, 0.2) is 0 Å². The maximum absolute atomic E-state index is 4.11. The third-order valence-corrected chi connectivity index (χ3v) is 1.29. The zero-order valence-corrected chi connectivity index (χ0v) is 4.41. The zero-order chi connectivity index (χ0) is 5.40. The number of aromatic nitrogens is 2. The molecule has 1 aliphatic heterocycles. The van der Waals surface area contributed by atoms with Gasteiger partial charge in [-0.1, -0.05) is 0 Å². The lowest BCUT2D eigenvalue weighted by Gasteiger charge is -1.85. The molecule has 0 aromatic carbocycles. The minimum absolute atomic E-state index is 0.880. The molecule has 0 saturated heterocycles. The van der Waals surface area contributed by atoms with E-state index < -0.39 is 0 Å². The second-order valence-corrected chi connectivity index (χ2v) is 1.80. The van der Waals surface area contributed by atoms with Gasteiger partial charge in [0.2, 0.25) is 5.95 Å². The highest BCUT2D eigenvalue weighted by Gasteiger charge is 2.08. The van der Waals surface area contributed by atoms with E-state index in [1.807, 2.05) is 10.8 Å². The fourth-order valence-electron chi connectivity index (χ4n) is 0.885. The smallest absolute Gasteiger partial charge is 0.224 e. The van der Waals surface area contributed by atoms with Gasteiger partial charge in [-0.15, -0.1) is 0 Å². The van der Waals surface area contributed by atoms with Crippen molar-refractivity contribution in [3.63, 3.8) is 0 Å². The van der Waals surface area contributed by atoms with Crippen LogP contribution in [0.25, 0.3) is 0 Å². The van der Waals surface area contributed by atoms with Gasteiger partial charge in [0.25, 0.3) is 0 Å². The van der Waals surface area contributed by atoms with Crippen molar-refractivity contribution < 1.29 is 0 Å². The van der Waals surface area contributed by atoms with Crippen LogP contribution in [-0.4, -0.2) is 16.1 Å². The summed E-state index contributed by atoms with van der Waals surface area (Å²) in [5, 5.41) is 4.11. The molecule has 1 aliphatic rings. The van der Waals surface area contributed by atoms with Crippen LogP contribution in [0.4, 0.5) is 5.95 Å². The topological polar surface area (TPSA) is 31.9 Å². The molecule has 0 amide bonds. The Labute approximate surface area is 47.3 Å². The Bertz CT molecular complexity index is 173. The lowest BCUT2D eigenvalue weighted by Crippen LogP contribution is -1.91. The van der Waals surface area contributed by atoms with Gasteiger partial charge in [0.1, 0.15) is 0 Å². The van der Waals surface area contributed by atoms with Crippen LogP contribution >= 0.6 is 0 Å². The number of rotatable bonds is 0. The van der Waals surface area contributed by atoms with E-state index in [0.717, 1.165) is 19.0 Å². The summed E-state index contributed by atoms with van der Waals surface area (Å²) in [5.74, 6) is 0.880. The summed E-state index contributed by atoms with van der Waals surface area (Å²) in [7, 11) is 0. The van der Waals surface area contributed by atoms with Crippen LogP contribution in [-0.2, 0) is 6.54 Å². The number of hydrogen-bond acceptors (Lipinski definition) is 1. The maximum Gasteiger partial charge on any atom is 0.224 e. The van der Waals surface area contributed by atoms with Gasteiger partial charge in [0, 0.05) is 18.9 Å². The molecule has 3 heteroatoms. The van der Waals surface area contributed by atoms with Crippen molar-refractivity contribution >= 4 is 5.95 Å². The van der Waals surface area contributed by atoms with Crippen molar-refractivity contribution in [3.8, 4) is 0 Å². The molecule has 41 valence electrons. The molecular weight excluding hydrogens is 102 g/mol. The lowest BCUT2D eigenvalue weighted by atomic mass is 10.7. The van der Waals surface area contributed by atoms with Gasteiger partial charge in [-0.25, -0.2) is 10.3 Å². The predicted molar refractivity (Wildman–Crippen MR) is 28.9 cm³/mol. The van der Waals surface area contributed by atoms with Crippen LogP contribution < -0.4 is 5.32 Å². The minimum atomic E-state index is 0.880. The van der Waals surface area contributed by atoms with Crippen molar-refractivity contribution in [1.29, 1.82) is 0 Å². The molecule has 1 aromatic rings. The lowest BCUT2D eigenvalue weighted by molar-refractivity contribution is 0.783. The Hall–Kier alpha value is -0.990. The number of imidazole rings is 1. The third-order valence-electron chi connectivity index (χ3n) is 1.29. The van der Waals surface area contributed by atoms with E-state index in [9.17, 15) is 0 Å². The maximum atomic E-state index is 4.11. The summed E-state index contributed by atoms with van der Waals surface area (Å²) in [6, 6.07) is 0. The largest absolute Gasteiger partial charge is 0.314 e. The summed E-state index contributed by atoms with van der Waals surface area (Å²) in [6.45, 7) is 1.92. The van der Waals surface area contributed by atoms with Crippen LogP contribution in [0.15, 0.2) is 12.4 Å². The van der Waals surface area contributed by atoms with Crippen molar-refractivity contribution in [1.82, 2.24) is 14.9 Å². The summed E-state index contributed by atoms with van der Waals surface area (Å²) in [6.07, 6.45) is 3.73. The normalized spacial score (nSPS) is 15.5. The Morgan fingerprint density at radius 1 is 1.62 bits per heavy atom. The molecular formula is C5H6N3. The SMILES string of the molecule is c1cn2c(n1)[N]CC2. The quantitative estimate of drug-likeness (QED) is 0.465. The van der Waals surface area contributed by atoms with Crippen LogP contribution in [0.5, 0.6) is 0 Å². The first-order chi connectivity index (χ1) is 3.97. The van der Waals surface area contributed by atoms with E-state index in [1.54, 1.807) is 6.20 Å². The molecule has 1 aromatic heterocycles. The second kappa shape index (κ2) is 1.24. The van der Waals surface area contributed by atoms with Crippen LogP contribution in [0.3, 0.4) is 0 Å². The van der Waals surface area contributed by atoms with Gasteiger partial charge in [-0.3, -0.25) is 0 Å². The molecule has 0 atom stereocenters. The van der Waals surface area contributed by atoms with E-state index in [0.29, 0.717) is 0 Å². The predicted octanol–water partition coefficient (Wildman–Crippen LogP) is 0.133. The first kappa shape index (κ1) is 3.95. The number of hydrogen-bond donors (Lipinski definition) is 0. The highest BCUT2D eigenvalue weighted by Crippen LogP contribution is 2.08. The summed E-state index contributed by atoms with van der Waals surface area (Å²) >= 11 is 0. The van der Waals surface area contributed by atoms with Crippen molar-refractivity contribution in [2.24, 2.45) is 0 Å². The van der Waals surface area contributed by atoms with E-state index in [2.05, 4.69) is 10.3 Å². The first-order valence-electron chi connectivity index (χ1n) is 2.65. The Kier molecular flexibility index (Phi) is 0.614. The molecule has 0 fully saturated rings. The third kappa shape index (κ3) is 0.358. The van der Waals surface area contributed by atoms with Crippen molar-refractivity contribution in [2.75, 3.05) is 6.54 Å². The summed E-state index contributed by atoms with van der Waals surface area (Å²) in [4.78, 5) is 3.99. The van der Waals surface area contributed by atoms with Crippen molar-refractivity contribution in [2.45, 2.75) is 6.54 Å². The number of fused-ring (bicyclic) bond motifs is 1. The molecule has 0 aliphatic carbocycles. The van der Waals surface area contributed by atoms with Crippen LogP contribution in [0.2, 0.25) is 0 Å². The molecule has 0 spiro atoms. The zero-order valence-electron chi connectivity index (χ0n) is 4.41. The van der Waals surface area contributed by atoms with E-state index in [4.69, 9.17) is 0 Å². The summed E-state index contributed by atoms with van der Waals surface area (Å²) < 4.78 is 2.04. The fourth-order valence-corrected chi connectivity index (χ4v) is 0.885. The van der Waals surface area contributed by atoms with Crippen molar-refractivity contribution in [3.05, 3.63) is 12.4 Å². The molecule has 0 saturated carbocycles. The van der Waals surface area contributed by atoms with E-state index in [-0.39, 0.29) is 0 Å². The minimum Gasteiger partial charge on any atom is -0.314 e. The van der Waals surface area contributed by atoms with Gasteiger partial charge in [-0.2, -0.15) is 0 Å². The first-order valence-corrected chi connectivity index (χ1v) is 2.65. The second-order valence-electron chi connectivity index (χ2n) is 1.80. The molecule has 1 radical (unpaired) electrons. The molecule has 3 nitrogen and oxygen atoms in total. The van der Waals surface area contributed by atoms with E-state index in [1.165, 1.54) is 0 Å². The Balaban J connectivity index is 2.54. The monoisotopic (exact) mass is 108 g/mol. The highest BCUT2D eigenvalue weighted by atomic mass is 15.2. The molecule has 2 heterocycles. The highest BCUT2D eigenvalue weighted by molar-refractivity contribution is 5.17. The molecule has 0 N–H and O–H groups in total. The van der Waals surface area contributed by atoms with Gasteiger partial charge in [0.05, 0.1) is 6.54 Å².